The molecule has 0 radical (unpaired) electrons. The smallest absolute Gasteiger partial charge is 0.163 e. The fourth-order valence-electron chi connectivity index (χ4n) is 2.89. The summed E-state index contributed by atoms with van der Waals surface area (Å²) in [6, 6.07) is 13.8. The number of ether oxygens (including phenoxy) is 3. The molecule has 25 heavy (non-hydrogen) atoms. The molecular weight excluding hydrogens is 338 g/mol. The van der Waals surface area contributed by atoms with Gasteiger partial charge >= 0.3 is 0 Å². The molecule has 1 fully saturated rings. The molecule has 1 aliphatic rings. The standard InChI is InChI=1S/C20H24ClNO3/c1-23-19-10-16(12-22-13-17-8-5-9-24-17)18(21)11-20(19)25-14-15-6-3-2-4-7-15/h2-4,6-7,10-11,17,22H,5,8-9,12-14H2,1H3. The number of methoxy groups -OCH3 is 1. The lowest BCUT2D eigenvalue weighted by Crippen LogP contribution is -2.25. The number of hydrogen-bond donors (Lipinski definition) is 1. The molecule has 0 aliphatic carbocycles. The zero-order valence-corrected chi connectivity index (χ0v) is 15.2. The molecule has 1 saturated heterocycles. The first-order valence-electron chi connectivity index (χ1n) is 8.61. The van der Waals surface area contributed by atoms with Crippen molar-refractivity contribution in [2.75, 3.05) is 20.3 Å². The fraction of sp³-hybridized carbons (Fsp3) is 0.400. The fourth-order valence-corrected chi connectivity index (χ4v) is 3.11. The third-order valence-corrected chi connectivity index (χ3v) is 4.63. The largest absolute Gasteiger partial charge is 0.493 e. The van der Waals surface area contributed by atoms with Gasteiger partial charge in [-0.25, -0.2) is 0 Å². The van der Waals surface area contributed by atoms with Gasteiger partial charge in [-0.1, -0.05) is 41.9 Å². The zero-order chi connectivity index (χ0) is 17.5. The van der Waals surface area contributed by atoms with Crippen LogP contribution in [0.5, 0.6) is 11.5 Å². The van der Waals surface area contributed by atoms with Crippen molar-refractivity contribution in [2.45, 2.75) is 32.1 Å². The summed E-state index contributed by atoms with van der Waals surface area (Å²) in [4.78, 5) is 0. The number of halogens is 1. The maximum atomic E-state index is 6.43. The van der Waals surface area contributed by atoms with Crippen LogP contribution in [0.4, 0.5) is 0 Å². The van der Waals surface area contributed by atoms with Gasteiger partial charge in [-0.2, -0.15) is 0 Å². The van der Waals surface area contributed by atoms with E-state index in [0.717, 1.165) is 37.1 Å². The molecule has 1 aliphatic heterocycles. The summed E-state index contributed by atoms with van der Waals surface area (Å²) in [5, 5.41) is 4.08. The van der Waals surface area contributed by atoms with E-state index < -0.39 is 0 Å². The van der Waals surface area contributed by atoms with Gasteiger partial charge in [0.1, 0.15) is 6.61 Å². The van der Waals surface area contributed by atoms with Crippen molar-refractivity contribution in [2.24, 2.45) is 0 Å². The first-order chi connectivity index (χ1) is 12.3. The lowest BCUT2D eigenvalue weighted by atomic mass is 10.2. The normalized spacial score (nSPS) is 16.8. The molecule has 1 N–H and O–H groups in total. The Morgan fingerprint density at radius 2 is 2.04 bits per heavy atom. The van der Waals surface area contributed by atoms with Crippen LogP contribution in [0.3, 0.4) is 0 Å². The van der Waals surface area contributed by atoms with Gasteiger partial charge in [0.25, 0.3) is 0 Å². The summed E-state index contributed by atoms with van der Waals surface area (Å²) in [5.41, 5.74) is 2.09. The second kappa shape index (κ2) is 9.09. The van der Waals surface area contributed by atoms with Gasteiger partial charge in [0.05, 0.1) is 13.2 Å². The van der Waals surface area contributed by atoms with E-state index in [2.05, 4.69) is 5.32 Å². The third-order valence-electron chi connectivity index (χ3n) is 4.28. The quantitative estimate of drug-likeness (QED) is 0.765. The number of benzene rings is 2. The van der Waals surface area contributed by atoms with Crippen molar-refractivity contribution in [1.29, 1.82) is 0 Å². The highest BCUT2D eigenvalue weighted by Crippen LogP contribution is 2.34. The Bertz CT molecular complexity index is 672. The van der Waals surface area contributed by atoms with Crippen molar-refractivity contribution in [3.05, 3.63) is 58.6 Å². The molecule has 1 atom stereocenters. The Morgan fingerprint density at radius 3 is 2.76 bits per heavy atom. The summed E-state index contributed by atoms with van der Waals surface area (Å²) in [6.07, 6.45) is 2.58. The van der Waals surface area contributed by atoms with Crippen LogP contribution in [-0.4, -0.2) is 26.4 Å². The van der Waals surface area contributed by atoms with Crippen LogP contribution in [0.1, 0.15) is 24.0 Å². The van der Waals surface area contributed by atoms with Crippen LogP contribution < -0.4 is 14.8 Å². The van der Waals surface area contributed by atoms with Crippen molar-refractivity contribution in [3.8, 4) is 11.5 Å². The Morgan fingerprint density at radius 1 is 1.20 bits per heavy atom. The van der Waals surface area contributed by atoms with E-state index in [9.17, 15) is 0 Å². The molecule has 3 rings (SSSR count). The van der Waals surface area contributed by atoms with Crippen LogP contribution in [0, 0.1) is 0 Å². The lowest BCUT2D eigenvalue weighted by Gasteiger charge is -2.15. The van der Waals surface area contributed by atoms with Crippen LogP contribution in [-0.2, 0) is 17.9 Å². The van der Waals surface area contributed by atoms with Crippen molar-refractivity contribution in [1.82, 2.24) is 5.32 Å². The lowest BCUT2D eigenvalue weighted by molar-refractivity contribution is 0.110. The van der Waals surface area contributed by atoms with Crippen LogP contribution in [0.15, 0.2) is 42.5 Å². The molecule has 2 aromatic rings. The monoisotopic (exact) mass is 361 g/mol. The molecule has 0 spiro atoms. The third kappa shape index (κ3) is 5.11. The molecule has 2 aromatic carbocycles. The average molecular weight is 362 g/mol. The zero-order valence-electron chi connectivity index (χ0n) is 14.5. The minimum Gasteiger partial charge on any atom is -0.493 e. The van der Waals surface area contributed by atoms with Crippen LogP contribution in [0.2, 0.25) is 5.02 Å². The topological polar surface area (TPSA) is 39.7 Å². The van der Waals surface area contributed by atoms with Gasteiger partial charge in [0.15, 0.2) is 11.5 Å². The summed E-state index contributed by atoms with van der Waals surface area (Å²) < 4.78 is 17.0. The molecule has 1 heterocycles. The predicted octanol–water partition coefficient (Wildman–Crippen LogP) is 4.20. The van der Waals surface area contributed by atoms with Crippen molar-refractivity contribution >= 4 is 11.6 Å². The van der Waals surface area contributed by atoms with Crippen LogP contribution >= 0.6 is 11.6 Å². The Labute approximate surface area is 154 Å². The highest BCUT2D eigenvalue weighted by Gasteiger charge is 2.15. The number of hydrogen-bond acceptors (Lipinski definition) is 4. The Balaban J connectivity index is 1.61. The molecule has 1 unspecified atom stereocenters. The second-order valence-corrected chi connectivity index (χ2v) is 6.54. The van der Waals surface area contributed by atoms with Gasteiger partial charge in [-0.05, 0) is 30.0 Å². The second-order valence-electron chi connectivity index (χ2n) is 6.13. The summed E-state index contributed by atoms with van der Waals surface area (Å²) in [6.45, 7) is 2.86. The first-order valence-corrected chi connectivity index (χ1v) is 8.99. The molecule has 0 bridgehead atoms. The Kier molecular flexibility index (Phi) is 6.56. The molecule has 5 heteroatoms. The highest BCUT2D eigenvalue weighted by molar-refractivity contribution is 6.31. The van der Waals surface area contributed by atoms with Crippen molar-refractivity contribution in [3.63, 3.8) is 0 Å². The molecule has 0 aromatic heterocycles. The summed E-state index contributed by atoms with van der Waals surface area (Å²) >= 11 is 6.43. The SMILES string of the molecule is COc1cc(CNCC2CCCO2)c(Cl)cc1OCc1ccccc1. The highest BCUT2D eigenvalue weighted by atomic mass is 35.5. The minimum absolute atomic E-state index is 0.314. The maximum Gasteiger partial charge on any atom is 0.163 e. The summed E-state index contributed by atoms with van der Waals surface area (Å²) in [7, 11) is 1.64. The number of rotatable bonds is 8. The average Bonchev–Trinajstić information content (AvgIpc) is 3.15. The van der Waals surface area contributed by atoms with E-state index in [4.69, 9.17) is 25.8 Å². The van der Waals surface area contributed by atoms with E-state index in [0.29, 0.717) is 35.8 Å². The van der Waals surface area contributed by atoms with Gasteiger partial charge in [-0.3, -0.25) is 0 Å². The van der Waals surface area contributed by atoms with E-state index in [1.807, 2.05) is 42.5 Å². The van der Waals surface area contributed by atoms with E-state index >= 15 is 0 Å². The molecule has 134 valence electrons. The van der Waals surface area contributed by atoms with Gasteiger partial charge in [-0.15, -0.1) is 0 Å². The first kappa shape index (κ1) is 18.1. The van der Waals surface area contributed by atoms with Crippen molar-refractivity contribution < 1.29 is 14.2 Å². The minimum atomic E-state index is 0.314. The predicted molar refractivity (Wildman–Crippen MR) is 99.5 cm³/mol. The molecule has 4 nitrogen and oxygen atoms in total. The van der Waals surface area contributed by atoms with Gasteiger partial charge in [0.2, 0.25) is 0 Å². The molecular formula is C20H24ClNO3. The number of nitrogens with one attached hydrogen (secondary N) is 1. The van der Waals surface area contributed by atoms with E-state index in [-0.39, 0.29) is 0 Å². The van der Waals surface area contributed by atoms with E-state index in [1.54, 1.807) is 7.11 Å². The maximum absolute atomic E-state index is 6.43. The van der Waals surface area contributed by atoms with E-state index in [1.165, 1.54) is 0 Å². The van der Waals surface area contributed by atoms with Gasteiger partial charge < -0.3 is 19.5 Å². The molecule has 0 saturated carbocycles. The summed E-state index contributed by atoms with van der Waals surface area (Å²) in [5.74, 6) is 1.34. The molecule has 0 amide bonds. The van der Waals surface area contributed by atoms with Gasteiger partial charge in [0, 0.05) is 30.8 Å². The van der Waals surface area contributed by atoms with Crippen LogP contribution in [0.25, 0.3) is 0 Å². The Hall–Kier alpha value is -1.75.